The predicted octanol–water partition coefficient (Wildman–Crippen LogP) is 4.04. The van der Waals surface area contributed by atoms with Gasteiger partial charge in [0.25, 0.3) is 0 Å². The molecule has 5 rings (SSSR count). The average Bonchev–Trinajstić information content (AvgIpc) is 3.51. The number of hydrogen-bond acceptors (Lipinski definition) is 5. The van der Waals surface area contributed by atoms with Gasteiger partial charge in [-0.3, -0.25) is 15.1 Å². The Morgan fingerprint density at radius 2 is 1.75 bits per heavy atom. The summed E-state index contributed by atoms with van der Waals surface area (Å²) in [4.78, 5) is 32.8. The lowest BCUT2D eigenvalue weighted by molar-refractivity contribution is -0.140. The van der Waals surface area contributed by atoms with Crippen molar-refractivity contribution in [2.75, 3.05) is 46.3 Å². The van der Waals surface area contributed by atoms with Gasteiger partial charge in [-0.25, -0.2) is 0 Å². The Kier molecular flexibility index (Phi) is 8.06. The summed E-state index contributed by atoms with van der Waals surface area (Å²) in [6.45, 7) is 5.60. The topological polar surface area (TPSA) is 67.7 Å². The van der Waals surface area contributed by atoms with Crippen LogP contribution in [0.25, 0.3) is 0 Å². The van der Waals surface area contributed by atoms with Crippen molar-refractivity contribution in [1.82, 2.24) is 14.7 Å². The second-order valence-corrected chi connectivity index (χ2v) is 12.2. The van der Waals surface area contributed by atoms with Crippen LogP contribution in [0.3, 0.4) is 0 Å². The maximum Gasteiger partial charge on any atom is 0.226 e. The van der Waals surface area contributed by atoms with E-state index >= 15 is 0 Å². The van der Waals surface area contributed by atoms with Crippen molar-refractivity contribution in [3.05, 3.63) is 29.8 Å². The van der Waals surface area contributed by atoms with Crippen LogP contribution in [0.1, 0.15) is 50.5 Å². The third kappa shape index (κ3) is 5.24. The highest BCUT2D eigenvalue weighted by atomic mass is 32.1. The normalized spacial score (nSPS) is 32.4. The highest BCUT2D eigenvalue weighted by Crippen LogP contribution is 2.52. The number of aldehydes is 1. The van der Waals surface area contributed by atoms with Gasteiger partial charge in [0, 0.05) is 62.7 Å². The number of nitrogens with zero attached hydrogens (tertiary/aromatic N) is 3. The Bertz CT molecular complexity index is 962. The number of amidine groups is 1. The molecule has 6 nitrogen and oxygen atoms in total. The monoisotopic (exact) mass is 510 g/mol. The Balaban J connectivity index is 1.14. The maximum atomic E-state index is 13.4. The predicted molar refractivity (Wildman–Crippen MR) is 145 cm³/mol. The molecule has 4 aliphatic rings. The molecule has 36 heavy (non-hydrogen) atoms. The van der Waals surface area contributed by atoms with Gasteiger partial charge >= 0.3 is 0 Å². The standard InChI is InChI=1S/C29H42N4O2S/c1-31(29(35)27-21-11-10-20(16-21)25(27)19-34)17-22-6-2-3-7-23(22)18-32-12-14-33(15-13-32)28(30)24-8-4-5-9-26(24)36/h4-5,8-9,19-23,25,27,30,36H,2-3,6-7,10-18H2,1H3. The number of fused-ring (bicyclic) bond motifs is 2. The molecule has 1 aliphatic heterocycles. The van der Waals surface area contributed by atoms with E-state index in [2.05, 4.69) is 22.4 Å². The summed E-state index contributed by atoms with van der Waals surface area (Å²) in [7, 11) is 1.98. The number of hydrogen-bond donors (Lipinski definition) is 2. The van der Waals surface area contributed by atoms with Crippen molar-refractivity contribution >= 4 is 30.7 Å². The van der Waals surface area contributed by atoms with E-state index in [1.165, 1.54) is 25.7 Å². The Hall–Kier alpha value is -1.86. The lowest BCUT2D eigenvalue weighted by Crippen LogP contribution is -2.51. The van der Waals surface area contributed by atoms with E-state index in [-0.39, 0.29) is 17.7 Å². The largest absolute Gasteiger partial charge is 0.354 e. The number of carbonyl (C=O) groups excluding carboxylic acids is 2. The fraction of sp³-hybridized carbons (Fsp3) is 0.690. The van der Waals surface area contributed by atoms with Crippen molar-refractivity contribution < 1.29 is 9.59 Å². The van der Waals surface area contributed by atoms with Gasteiger partial charge in [0.1, 0.15) is 12.1 Å². The van der Waals surface area contributed by atoms with Gasteiger partial charge in [0.15, 0.2) is 0 Å². The Labute approximate surface area is 221 Å². The van der Waals surface area contributed by atoms with E-state index in [4.69, 9.17) is 5.41 Å². The first-order valence-electron chi connectivity index (χ1n) is 14.0. The number of rotatable bonds is 7. The summed E-state index contributed by atoms with van der Waals surface area (Å²) in [6.07, 6.45) is 9.36. The fourth-order valence-corrected chi connectivity index (χ4v) is 7.96. The minimum Gasteiger partial charge on any atom is -0.354 e. The first kappa shape index (κ1) is 25.8. The second kappa shape index (κ2) is 11.3. The van der Waals surface area contributed by atoms with Crippen molar-refractivity contribution in [3.8, 4) is 0 Å². The molecule has 0 aromatic heterocycles. The molecule has 7 heteroatoms. The van der Waals surface area contributed by atoms with Crippen LogP contribution in [0, 0.1) is 40.9 Å². The molecule has 2 bridgehead atoms. The molecule has 3 saturated carbocycles. The molecular weight excluding hydrogens is 468 g/mol. The van der Waals surface area contributed by atoms with E-state index in [1.54, 1.807) is 0 Å². The highest BCUT2D eigenvalue weighted by molar-refractivity contribution is 7.80. The third-order valence-corrected chi connectivity index (χ3v) is 10.1. The third-order valence-electron chi connectivity index (χ3n) is 9.71. The zero-order valence-corrected chi connectivity index (χ0v) is 22.5. The first-order chi connectivity index (χ1) is 17.5. The van der Waals surface area contributed by atoms with Gasteiger partial charge in [0.2, 0.25) is 5.91 Å². The maximum absolute atomic E-state index is 13.4. The molecule has 6 unspecified atom stereocenters. The number of nitrogens with one attached hydrogen (secondary N) is 1. The number of benzene rings is 1. The summed E-state index contributed by atoms with van der Waals surface area (Å²) >= 11 is 4.54. The quantitative estimate of drug-likeness (QED) is 0.251. The summed E-state index contributed by atoms with van der Waals surface area (Å²) in [5.74, 6) is 2.69. The number of thiol groups is 1. The molecule has 1 amide bonds. The van der Waals surface area contributed by atoms with Crippen LogP contribution < -0.4 is 0 Å². The van der Waals surface area contributed by atoms with E-state index in [9.17, 15) is 9.59 Å². The van der Waals surface area contributed by atoms with Crippen molar-refractivity contribution in [1.29, 1.82) is 5.41 Å². The lowest BCUT2D eigenvalue weighted by atomic mass is 9.77. The van der Waals surface area contributed by atoms with E-state index in [1.807, 2.05) is 36.2 Å². The average molecular weight is 511 g/mol. The van der Waals surface area contributed by atoms with Crippen LogP contribution >= 0.6 is 12.6 Å². The molecule has 1 N–H and O–H groups in total. The molecule has 6 atom stereocenters. The van der Waals surface area contributed by atoms with Crippen molar-refractivity contribution in [2.45, 2.75) is 49.8 Å². The van der Waals surface area contributed by atoms with E-state index in [0.29, 0.717) is 29.5 Å². The number of carbonyl (C=O) groups is 2. The molecule has 1 aromatic carbocycles. The molecule has 0 spiro atoms. The van der Waals surface area contributed by atoms with Crippen LogP contribution in [0.5, 0.6) is 0 Å². The zero-order chi connectivity index (χ0) is 25.2. The molecule has 0 radical (unpaired) electrons. The zero-order valence-electron chi connectivity index (χ0n) is 21.6. The fourth-order valence-electron chi connectivity index (χ4n) is 7.69. The first-order valence-corrected chi connectivity index (χ1v) is 14.5. The SMILES string of the molecule is CN(CC1CCCCC1CN1CCN(C(=N)c2ccccc2S)CC1)C(=O)C1C2CCC(C2)C1C=O. The van der Waals surface area contributed by atoms with Gasteiger partial charge in [-0.2, -0.15) is 0 Å². The van der Waals surface area contributed by atoms with Crippen LogP contribution in [0.15, 0.2) is 29.2 Å². The highest BCUT2D eigenvalue weighted by Gasteiger charge is 2.51. The summed E-state index contributed by atoms with van der Waals surface area (Å²) in [5.41, 5.74) is 0.904. The van der Waals surface area contributed by atoms with E-state index in [0.717, 1.165) is 75.3 Å². The molecule has 196 valence electrons. The van der Waals surface area contributed by atoms with Gasteiger partial charge in [-0.15, -0.1) is 12.6 Å². The molecule has 3 aliphatic carbocycles. The van der Waals surface area contributed by atoms with Gasteiger partial charge in [-0.1, -0.05) is 31.0 Å². The van der Waals surface area contributed by atoms with Crippen LogP contribution in [0.2, 0.25) is 0 Å². The van der Waals surface area contributed by atoms with Crippen molar-refractivity contribution in [2.24, 2.45) is 35.5 Å². The Morgan fingerprint density at radius 1 is 1.06 bits per heavy atom. The van der Waals surface area contributed by atoms with Crippen LogP contribution in [-0.2, 0) is 9.59 Å². The molecule has 1 saturated heterocycles. The Morgan fingerprint density at radius 3 is 2.47 bits per heavy atom. The van der Waals surface area contributed by atoms with Crippen LogP contribution in [-0.4, -0.2) is 79.0 Å². The molecular formula is C29H42N4O2S. The van der Waals surface area contributed by atoms with E-state index < -0.39 is 0 Å². The number of amides is 1. The second-order valence-electron chi connectivity index (χ2n) is 11.7. The van der Waals surface area contributed by atoms with Gasteiger partial charge in [-0.05, 0) is 61.8 Å². The lowest BCUT2D eigenvalue weighted by Gasteiger charge is -2.41. The molecule has 4 fully saturated rings. The smallest absolute Gasteiger partial charge is 0.226 e. The summed E-state index contributed by atoms with van der Waals surface area (Å²) in [6, 6.07) is 7.86. The minimum atomic E-state index is -0.0703. The number of piperazine rings is 1. The summed E-state index contributed by atoms with van der Waals surface area (Å²) in [5, 5.41) is 8.66. The minimum absolute atomic E-state index is 0.0506. The molecule has 1 heterocycles. The van der Waals surface area contributed by atoms with Gasteiger partial charge in [0.05, 0.1) is 5.92 Å². The van der Waals surface area contributed by atoms with Crippen molar-refractivity contribution in [3.63, 3.8) is 0 Å². The van der Waals surface area contributed by atoms with Crippen LogP contribution in [0.4, 0.5) is 0 Å². The van der Waals surface area contributed by atoms with Gasteiger partial charge < -0.3 is 14.6 Å². The summed E-state index contributed by atoms with van der Waals surface area (Å²) < 4.78 is 0. The molecule has 1 aromatic rings.